The maximum atomic E-state index is 3.81. The summed E-state index contributed by atoms with van der Waals surface area (Å²) in [5, 5.41) is 3.16. The Morgan fingerprint density at radius 1 is 1.60 bits per heavy atom. The van der Waals surface area contributed by atoms with E-state index in [9.17, 15) is 0 Å². The lowest BCUT2D eigenvalue weighted by atomic mass is 10.4. The Labute approximate surface area is 67.6 Å². The van der Waals surface area contributed by atoms with Crippen LogP contribution in [0.2, 0.25) is 0 Å². The molecule has 0 aromatic rings. The lowest BCUT2D eigenvalue weighted by Crippen LogP contribution is -2.14. The van der Waals surface area contributed by atoms with Crippen LogP contribution < -0.4 is 5.32 Å². The molecule has 0 unspecified atom stereocenters. The van der Waals surface area contributed by atoms with E-state index < -0.39 is 0 Å². The van der Waals surface area contributed by atoms with Crippen LogP contribution in [0, 0.1) is 0 Å². The molecule has 58 valence electrons. The predicted octanol–water partition coefficient (Wildman–Crippen LogP) is 2.37. The summed E-state index contributed by atoms with van der Waals surface area (Å²) >= 11 is 1.66. The van der Waals surface area contributed by atoms with Crippen LogP contribution in [0.1, 0.15) is 13.8 Å². The first-order valence-electron chi connectivity index (χ1n) is 3.32. The number of allylic oxidation sites excluding steroid dienone is 1. The van der Waals surface area contributed by atoms with Crippen molar-refractivity contribution >= 4 is 11.8 Å². The van der Waals surface area contributed by atoms with Crippen molar-refractivity contribution in [3.8, 4) is 0 Å². The Morgan fingerprint density at radius 2 is 2.20 bits per heavy atom. The quantitative estimate of drug-likeness (QED) is 0.629. The normalized spacial score (nSPS) is 10.8. The summed E-state index contributed by atoms with van der Waals surface area (Å²) in [6.07, 6.45) is 5.93. The molecule has 10 heavy (non-hydrogen) atoms. The van der Waals surface area contributed by atoms with Crippen LogP contribution >= 0.6 is 11.8 Å². The molecule has 0 rings (SSSR count). The first kappa shape index (κ1) is 9.63. The fraction of sp³-hybridized carbons (Fsp3) is 0.500. The van der Waals surface area contributed by atoms with Crippen molar-refractivity contribution in [1.82, 2.24) is 5.32 Å². The van der Waals surface area contributed by atoms with E-state index in [4.69, 9.17) is 0 Å². The molecule has 0 aromatic carbocycles. The van der Waals surface area contributed by atoms with Crippen molar-refractivity contribution in [2.24, 2.45) is 0 Å². The fourth-order valence-corrected chi connectivity index (χ4v) is 0.606. The van der Waals surface area contributed by atoms with Gasteiger partial charge < -0.3 is 5.32 Å². The third-order valence-electron chi connectivity index (χ3n) is 0.961. The molecule has 0 bridgehead atoms. The molecule has 0 aliphatic heterocycles. The Balaban J connectivity index is 3.46. The SMILES string of the molecule is C=C(/C=C\NC(C)C)SC. The molecule has 1 N–H and O–H groups in total. The van der Waals surface area contributed by atoms with E-state index in [0.717, 1.165) is 4.91 Å². The number of hydrogen-bond donors (Lipinski definition) is 1. The van der Waals surface area contributed by atoms with E-state index in [1.54, 1.807) is 11.8 Å². The lowest BCUT2D eigenvalue weighted by molar-refractivity contribution is 0.702. The maximum absolute atomic E-state index is 3.81. The smallest absolute Gasteiger partial charge is 0.0199 e. The summed E-state index contributed by atoms with van der Waals surface area (Å²) in [5.74, 6) is 0. The van der Waals surface area contributed by atoms with Crippen LogP contribution in [0.5, 0.6) is 0 Å². The molecule has 0 amide bonds. The molecule has 2 heteroatoms. The first-order chi connectivity index (χ1) is 4.66. The van der Waals surface area contributed by atoms with Crippen molar-refractivity contribution in [2.45, 2.75) is 19.9 Å². The minimum Gasteiger partial charge on any atom is -0.389 e. The highest BCUT2D eigenvalue weighted by Crippen LogP contribution is 2.08. The number of rotatable bonds is 4. The van der Waals surface area contributed by atoms with Gasteiger partial charge in [-0.15, -0.1) is 11.8 Å². The molecule has 0 spiro atoms. The van der Waals surface area contributed by atoms with Crippen LogP contribution in [0.25, 0.3) is 0 Å². The maximum Gasteiger partial charge on any atom is 0.0199 e. The van der Waals surface area contributed by atoms with Crippen molar-refractivity contribution in [3.05, 3.63) is 23.8 Å². The van der Waals surface area contributed by atoms with Crippen LogP contribution in [0.4, 0.5) is 0 Å². The monoisotopic (exact) mass is 157 g/mol. The Morgan fingerprint density at radius 3 is 2.60 bits per heavy atom. The van der Waals surface area contributed by atoms with Gasteiger partial charge >= 0.3 is 0 Å². The summed E-state index contributed by atoms with van der Waals surface area (Å²) < 4.78 is 0. The summed E-state index contributed by atoms with van der Waals surface area (Å²) in [7, 11) is 0. The molecular weight excluding hydrogens is 142 g/mol. The van der Waals surface area contributed by atoms with Gasteiger partial charge in [0.1, 0.15) is 0 Å². The van der Waals surface area contributed by atoms with E-state index in [1.807, 2.05) is 18.5 Å². The Hall–Kier alpha value is -0.370. The van der Waals surface area contributed by atoms with Crippen LogP contribution in [0.15, 0.2) is 23.8 Å². The van der Waals surface area contributed by atoms with Gasteiger partial charge in [0.05, 0.1) is 0 Å². The molecule has 0 heterocycles. The van der Waals surface area contributed by atoms with Gasteiger partial charge in [0.2, 0.25) is 0 Å². The predicted molar refractivity (Wildman–Crippen MR) is 50.1 cm³/mol. The zero-order chi connectivity index (χ0) is 7.98. The van der Waals surface area contributed by atoms with E-state index >= 15 is 0 Å². The average Bonchev–Trinajstić information content (AvgIpc) is 1.87. The third kappa shape index (κ3) is 5.76. The highest BCUT2D eigenvalue weighted by Gasteiger charge is 1.84. The van der Waals surface area contributed by atoms with E-state index in [-0.39, 0.29) is 0 Å². The minimum atomic E-state index is 0.505. The summed E-state index contributed by atoms with van der Waals surface area (Å²) in [6, 6.07) is 0.505. The number of hydrogen-bond acceptors (Lipinski definition) is 2. The number of thioether (sulfide) groups is 1. The molecule has 0 fully saturated rings. The molecule has 0 aliphatic rings. The average molecular weight is 157 g/mol. The van der Waals surface area contributed by atoms with E-state index in [1.165, 1.54) is 0 Å². The zero-order valence-electron chi connectivity index (χ0n) is 6.85. The van der Waals surface area contributed by atoms with Gasteiger partial charge in [-0.2, -0.15) is 0 Å². The van der Waals surface area contributed by atoms with Crippen LogP contribution in [-0.2, 0) is 0 Å². The van der Waals surface area contributed by atoms with Crippen molar-refractivity contribution in [3.63, 3.8) is 0 Å². The van der Waals surface area contributed by atoms with Crippen LogP contribution in [0.3, 0.4) is 0 Å². The summed E-state index contributed by atoms with van der Waals surface area (Å²) in [6.45, 7) is 8.01. The zero-order valence-corrected chi connectivity index (χ0v) is 7.66. The lowest BCUT2D eigenvalue weighted by Gasteiger charge is -2.02. The van der Waals surface area contributed by atoms with Crippen molar-refractivity contribution in [2.75, 3.05) is 6.26 Å². The van der Waals surface area contributed by atoms with Gasteiger partial charge in [-0.1, -0.05) is 6.58 Å². The van der Waals surface area contributed by atoms with Crippen LogP contribution in [-0.4, -0.2) is 12.3 Å². The van der Waals surface area contributed by atoms with Crippen molar-refractivity contribution < 1.29 is 0 Å². The van der Waals surface area contributed by atoms with Gasteiger partial charge in [0, 0.05) is 10.9 Å². The topological polar surface area (TPSA) is 12.0 Å². The molecular formula is C8H15NS. The fourth-order valence-electron chi connectivity index (χ4n) is 0.402. The van der Waals surface area contributed by atoms with Gasteiger partial charge in [0.25, 0.3) is 0 Å². The van der Waals surface area contributed by atoms with E-state index in [2.05, 4.69) is 25.7 Å². The summed E-state index contributed by atoms with van der Waals surface area (Å²) in [5.41, 5.74) is 0. The molecule has 0 atom stereocenters. The highest BCUT2D eigenvalue weighted by atomic mass is 32.2. The molecule has 0 radical (unpaired) electrons. The molecule has 0 saturated carbocycles. The molecule has 0 saturated heterocycles. The third-order valence-corrected chi connectivity index (χ3v) is 1.62. The largest absolute Gasteiger partial charge is 0.389 e. The standard InChI is InChI=1S/C8H15NS/c1-7(2)9-6-5-8(3)10-4/h5-7,9H,3H2,1-2,4H3/b6-5-. The minimum absolute atomic E-state index is 0.505. The second-order valence-electron chi connectivity index (χ2n) is 2.33. The van der Waals surface area contributed by atoms with Gasteiger partial charge in [-0.3, -0.25) is 0 Å². The second-order valence-corrected chi connectivity index (χ2v) is 3.26. The molecule has 0 aromatic heterocycles. The van der Waals surface area contributed by atoms with Crippen molar-refractivity contribution in [1.29, 1.82) is 0 Å². The Bertz CT molecular complexity index is 127. The number of nitrogens with one attached hydrogen (secondary N) is 1. The first-order valence-corrected chi connectivity index (χ1v) is 4.54. The second kappa shape index (κ2) is 5.42. The summed E-state index contributed by atoms with van der Waals surface area (Å²) in [4.78, 5) is 1.08. The Kier molecular flexibility index (Phi) is 5.22. The van der Waals surface area contributed by atoms with Gasteiger partial charge in [0.15, 0.2) is 0 Å². The van der Waals surface area contributed by atoms with Gasteiger partial charge in [-0.25, -0.2) is 0 Å². The molecule has 1 nitrogen and oxygen atoms in total. The van der Waals surface area contributed by atoms with Gasteiger partial charge in [-0.05, 0) is 32.4 Å². The molecule has 0 aliphatic carbocycles. The highest BCUT2D eigenvalue weighted by molar-refractivity contribution is 8.02. The van der Waals surface area contributed by atoms with E-state index in [0.29, 0.717) is 6.04 Å².